The molecule has 1 aromatic heterocycles. The molecule has 0 aromatic carbocycles. The summed E-state index contributed by atoms with van der Waals surface area (Å²) in [4.78, 5) is 26.4. The largest absolute Gasteiger partial charge is 0.444 e. The Morgan fingerprint density at radius 3 is 2.50 bits per heavy atom. The van der Waals surface area contributed by atoms with Crippen molar-refractivity contribution in [2.24, 2.45) is 0 Å². The zero-order chi connectivity index (χ0) is 18.3. The average molecular weight is 360 g/mol. The second-order valence-corrected chi connectivity index (χ2v) is 8.39. The van der Waals surface area contributed by atoms with Crippen LogP contribution < -0.4 is 4.90 Å². The number of amides is 1. The van der Waals surface area contributed by atoms with E-state index in [2.05, 4.69) is 4.90 Å². The van der Waals surface area contributed by atoms with Crippen molar-refractivity contribution in [2.75, 3.05) is 31.2 Å². The van der Waals surface area contributed by atoms with Gasteiger partial charge in [-0.2, -0.15) is 0 Å². The van der Waals surface area contributed by atoms with Crippen LogP contribution in [0.2, 0.25) is 0 Å². The van der Waals surface area contributed by atoms with E-state index in [9.17, 15) is 4.79 Å². The summed E-state index contributed by atoms with van der Waals surface area (Å²) in [6.45, 7) is 10.3. The Balaban J connectivity index is 1.60. The summed E-state index contributed by atoms with van der Waals surface area (Å²) in [5.41, 5.74) is 1.58. The zero-order valence-electron chi connectivity index (χ0n) is 16.0. The number of carbonyl (C=O) groups is 1. The van der Waals surface area contributed by atoms with Gasteiger partial charge in [0.15, 0.2) is 0 Å². The number of fused-ring (bicyclic) bond motifs is 1. The average Bonchev–Trinajstić information content (AvgIpc) is 2.97. The van der Waals surface area contributed by atoms with Gasteiger partial charge in [-0.15, -0.1) is 0 Å². The molecule has 2 fully saturated rings. The van der Waals surface area contributed by atoms with Gasteiger partial charge in [0, 0.05) is 37.8 Å². The quantitative estimate of drug-likeness (QED) is 0.808. The van der Waals surface area contributed by atoms with Gasteiger partial charge in [-0.1, -0.05) is 0 Å². The van der Waals surface area contributed by atoms with E-state index < -0.39 is 5.60 Å². The highest BCUT2D eigenvalue weighted by molar-refractivity contribution is 5.70. The van der Waals surface area contributed by atoms with Crippen molar-refractivity contribution in [1.29, 1.82) is 0 Å². The fraction of sp³-hybridized carbons (Fsp3) is 0.737. The maximum atomic E-state index is 12.5. The molecular formula is C19H28N4O3. The number of anilines is 1. The highest BCUT2D eigenvalue weighted by Gasteiger charge is 2.34. The molecule has 1 aromatic rings. The molecule has 7 heteroatoms. The van der Waals surface area contributed by atoms with Crippen molar-refractivity contribution in [3.05, 3.63) is 17.1 Å². The zero-order valence-corrected chi connectivity index (χ0v) is 16.0. The summed E-state index contributed by atoms with van der Waals surface area (Å²) in [7, 11) is 0. The molecule has 0 bridgehead atoms. The van der Waals surface area contributed by atoms with Gasteiger partial charge in [-0.05, 0) is 40.0 Å². The van der Waals surface area contributed by atoms with Crippen LogP contribution in [0.15, 0.2) is 0 Å². The molecule has 4 rings (SSSR count). The number of ether oxygens (including phenoxy) is 2. The van der Waals surface area contributed by atoms with E-state index >= 15 is 0 Å². The first-order chi connectivity index (χ1) is 12.4. The van der Waals surface area contributed by atoms with Crippen LogP contribution in [0.3, 0.4) is 0 Å². The normalized spacial score (nSPS) is 20.7. The maximum absolute atomic E-state index is 12.5. The molecule has 4 heterocycles. The number of rotatable bonds is 2. The predicted octanol–water partition coefficient (Wildman–Crippen LogP) is 2.83. The highest BCUT2D eigenvalue weighted by Crippen LogP contribution is 2.35. The van der Waals surface area contributed by atoms with Crippen molar-refractivity contribution in [3.8, 4) is 0 Å². The molecule has 0 saturated carbocycles. The van der Waals surface area contributed by atoms with E-state index in [0.29, 0.717) is 19.0 Å². The third kappa shape index (κ3) is 3.49. The summed E-state index contributed by atoms with van der Waals surface area (Å²) in [5.74, 6) is 2.29. The van der Waals surface area contributed by atoms with Crippen LogP contribution in [0.4, 0.5) is 10.6 Å². The maximum Gasteiger partial charge on any atom is 0.410 e. The van der Waals surface area contributed by atoms with Gasteiger partial charge in [0.2, 0.25) is 0 Å². The smallest absolute Gasteiger partial charge is 0.410 e. The summed E-state index contributed by atoms with van der Waals surface area (Å²) >= 11 is 0. The fourth-order valence-corrected chi connectivity index (χ4v) is 3.64. The van der Waals surface area contributed by atoms with Crippen LogP contribution in [-0.4, -0.2) is 52.9 Å². The van der Waals surface area contributed by atoms with Crippen molar-refractivity contribution in [1.82, 2.24) is 14.9 Å². The molecule has 1 amide bonds. The molecule has 0 atom stereocenters. The van der Waals surface area contributed by atoms with Gasteiger partial charge < -0.3 is 14.4 Å². The van der Waals surface area contributed by atoms with Crippen LogP contribution in [0.5, 0.6) is 0 Å². The van der Waals surface area contributed by atoms with Crippen LogP contribution in [0, 0.1) is 0 Å². The molecular weight excluding hydrogens is 332 g/mol. The molecule has 0 aliphatic carbocycles. The van der Waals surface area contributed by atoms with Crippen molar-refractivity contribution in [3.63, 3.8) is 0 Å². The van der Waals surface area contributed by atoms with Crippen LogP contribution in [-0.2, 0) is 22.6 Å². The molecule has 7 nitrogen and oxygen atoms in total. The lowest BCUT2D eigenvalue weighted by Crippen LogP contribution is -2.39. The van der Waals surface area contributed by atoms with Gasteiger partial charge in [0.05, 0.1) is 18.8 Å². The fourth-order valence-electron chi connectivity index (χ4n) is 3.64. The lowest BCUT2D eigenvalue weighted by atomic mass is 9.99. The summed E-state index contributed by atoms with van der Waals surface area (Å²) in [6, 6.07) is 0. The topological polar surface area (TPSA) is 67.8 Å². The number of carbonyl (C=O) groups excluding carboxylic acids is 1. The third-order valence-corrected chi connectivity index (χ3v) is 5.17. The number of hydrogen-bond acceptors (Lipinski definition) is 6. The molecule has 0 radical (unpaired) electrons. The number of nitrogens with zero attached hydrogens (tertiary/aromatic N) is 4. The molecule has 0 spiro atoms. The molecule has 26 heavy (non-hydrogen) atoms. The Hall–Kier alpha value is -1.89. The second-order valence-electron chi connectivity index (χ2n) is 8.39. The van der Waals surface area contributed by atoms with E-state index in [4.69, 9.17) is 19.4 Å². The lowest BCUT2D eigenvalue weighted by molar-refractivity contribution is 0.0240. The third-order valence-electron chi connectivity index (χ3n) is 5.17. The predicted molar refractivity (Wildman–Crippen MR) is 97.1 cm³/mol. The van der Waals surface area contributed by atoms with Gasteiger partial charge in [-0.25, -0.2) is 14.8 Å². The van der Waals surface area contributed by atoms with Gasteiger partial charge in [0.25, 0.3) is 0 Å². The van der Waals surface area contributed by atoms with Crippen LogP contribution in [0.25, 0.3) is 0 Å². The highest BCUT2D eigenvalue weighted by atomic mass is 16.6. The van der Waals surface area contributed by atoms with Crippen molar-refractivity contribution < 1.29 is 14.3 Å². The van der Waals surface area contributed by atoms with E-state index in [1.54, 1.807) is 4.90 Å². The minimum atomic E-state index is -0.495. The molecule has 0 N–H and O–H groups in total. The van der Waals surface area contributed by atoms with Gasteiger partial charge >= 0.3 is 6.09 Å². The SMILES string of the molecule is CC(C)(C)OC(=O)N1Cc2nc(C3CCOCC3)nc(N3CCC3)c2C1. The Morgan fingerprint density at radius 1 is 1.15 bits per heavy atom. The number of aromatic nitrogens is 2. The van der Waals surface area contributed by atoms with Crippen LogP contribution >= 0.6 is 0 Å². The van der Waals surface area contributed by atoms with E-state index in [1.165, 1.54) is 6.42 Å². The first-order valence-corrected chi connectivity index (χ1v) is 9.61. The first-order valence-electron chi connectivity index (χ1n) is 9.61. The molecule has 3 aliphatic rings. The Labute approximate surface area is 154 Å². The standard InChI is InChI=1S/C19H28N4O3/c1-19(2,3)26-18(24)23-11-14-15(12-23)20-16(13-5-9-25-10-6-13)21-17(14)22-7-4-8-22/h13H,4-12H2,1-3H3. The van der Waals surface area contributed by atoms with E-state index in [-0.39, 0.29) is 6.09 Å². The molecule has 3 aliphatic heterocycles. The van der Waals surface area contributed by atoms with E-state index in [1.807, 2.05) is 20.8 Å². The molecule has 2 saturated heterocycles. The summed E-state index contributed by atoms with van der Waals surface area (Å²) in [6.07, 6.45) is 2.85. The Bertz CT molecular complexity index is 691. The minimum Gasteiger partial charge on any atom is -0.444 e. The van der Waals surface area contributed by atoms with Crippen LogP contribution in [0.1, 0.15) is 63.0 Å². The van der Waals surface area contributed by atoms with Gasteiger partial charge in [0.1, 0.15) is 17.2 Å². The Kier molecular flexibility index (Phi) is 4.50. The van der Waals surface area contributed by atoms with E-state index in [0.717, 1.165) is 62.0 Å². The number of hydrogen-bond donors (Lipinski definition) is 0. The molecule has 0 unspecified atom stereocenters. The van der Waals surface area contributed by atoms with Crippen molar-refractivity contribution in [2.45, 2.75) is 64.6 Å². The van der Waals surface area contributed by atoms with Crippen molar-refractivity contribution >= 4 is 11.9 Å². The monoisotopic (exact) mass is 360 g/mol. The second kappa shape index (κ2) is 6.68. The summed E-state index contributed by atoms with van der Waals surface area (Å²) in [5, 5.41) is 0. The minimum absolute atomic E-state index is 0.280. The first kappa shape index (κ1) is 17.5. The Morgan fingerprint density at radius 2 is 1.88 bits per heavy atom. The summed E-state index contributed by atoms with van der Waals surface area (Å²) < 4.78 is 11.0. The lowest BCUT2D eigenvalue weighted by Gasteiger charge is -2.34. The molecule has 142 valence electrons. The van der Waals surface area contributed by atoms with Gasteiger partial charge in [-0.3, -0.25) is 4.90 Å².